The smallest absolute Gasteiger partial charge is 0.326 e. The van der Waals surface area contributed by atoms with Gasteiger partial charge < -0.3 is 30.6 Å². The summed E-state index contributed by atoms with van der Waals surface area (Å²) >= 11 is 0. The van der Waals surface area contributed by atoms with Crippen LogP contribution in [0.3, 0.4) is 0 Å². The van der Waals surface area contributed by atoms with Crippen molar-refractivity contribution in [1.29, 1.82) is 0 Å². The highest BCUT2D eigenvalue weighted by atomic mass is 16.4. The Morgan fingerprint density at radius 3 is 2.24 bits per heavy atom. The van der Waals surface area contributed by atoms with Crippen molar-refractivity contribution in [2.24, 2.45) is 0 Å². The van der Waals surface area contributed by atoms with Gasteiger partial charge in [0.15, 0.2) is 0 Å². The molecule has 0 bridgehead atoms. The molecule has 3 aliphatic rings. The van der Waals surface area contributed by atoms with Crippen molar-refractivity contribution in [3.63, 3.8) is 0 Å². The summed E-state index contributed by atoms with van der Waals surface area (Å²) in [7, 11) is 0. The van der Waals surface area contributed by atoms with Crippen LogP contribution in [0, 0.1) is 0 Å². The van der Waals surface area contributed by atoms with E-state index in [-0.39, 0.29) is 18.5 Å². The topological polar surface area (TPSA) is 139 Å². The molecule has 0 aromatic heterocycles. The maximum absolute atomic E-state index is 12.9. The largest absolute Gasteiger partial charge is 0.480 e. The lowest BCUT2D eigenvalue weighted by Crippen LogP contribution is -2.59. The molecule has 0 spiro atoms. The molecule has 3 fully saturated rings. The Morgan fingerprint density at radius 1 is 1.00 bits per heavy atom. The van der Waals surface area contributed by atoms with Crippen LogP contribution in [0.25, 0.3) is 0 Å². The molecule has 0 aromatic rings. The number of amides is 3. The first-order chi connectivity index (χ1) is 13.8. The minimum atomic E-state index is -1.25. The number of nitrogens with one attached hydrogen (secondary N) is 2. The zero-order valence-corrected chi connectivity index (χ0v) is 16.7. The molecule has 10 nitrogen and oxygen atoms in total. The van der Waals surface area contributed by atoms with E-state index in [1.807, 2.05) is 0 Å². The van der Waals surface area contributed by atoms with Crippen LogP contribution in [0.1, 0.15) is 45.4 Å². The number of carbonyl (C=O) groups excluding carboxylic acids is 3. The summed E-state index contributed by atoms with van der Waals surface area (Å²) in [5.74, 6) is -2.29. The van der Waals surface area contributed by atoms with E-state index in [1.54, 1.807) is 4.90 Å². The molecule has 0 aromatic carbocycles. The standard InChI is InChI=1S/C19H30N4O6/c1-11(24)15(18(27)23-10-4-7-14(23)19(28)29)21-16(25)13-6-3-9-22(13)17(26)12-5-2-8-20-12/h11-15,20,24H,2-10H2,1H3,(H,21,25)(H,28,29)/t11-,12+,13+,14+,15+/m1/s1. The van der Waals surface area contributed by atoms with Gasteiger partial charge in [-0.25, -0.2) is 4.79 Å². The second-order valence-corrected chi connectivity index (χ2v) is 8.09. The van der Waals surface area contributed by atoms with E-state index in [9.17, 15) is 29.4 Å². The molecule has 3 aliphatic heterocycles. The molecule has 0 radical (unpaired) electrons. The second kappa shape index (κ2) is 9.08. The van der Waals surface area contributed by atoms with E-state index in [1.165, 1.54) is 11.8 Å². The van der Waals surface area contributed by atoms with Gasteiger partial charge in [0, 0.05) is 13.1 Å². The molecule has 3 heterocycles. The van der Waals surface area contributed by atoms with Gasteiger partial charge in [-0.1, -0.05) is 0 Å². The first-order valence-corrected chi connectivity index (χ1v) is 10.4. The maximum atomic E-state index is 12.9. The maximum Gasteiger partial charge on any atom is 0.326 e. The average molecular weight is 410 g/mol. The van der Waals surface area contributed by atoms with Gasteiger partial charge in [0.05, 0.1) is 12.1 Å². The van der Waals surface area contributed by atoms with Crippen LogP contribution in [0.4, 0.5) is 0 Å². The molecule has 0 saturated carbocycles. The van der Waals surface area contributed by atoms with Gasteiger partial charge in [0.25, 0.3) is 0 Å². The molecular weight excluding hydrogens is 380 g/mol. The molecule has 10 heteroatoms. The lowest BCUT2D eigenvalue weighted by atomic mass is 10.1. The van der Waals surface area contributed by atoms with Gasteiger partial charge in [-0.3, -0.25) is 14.4 Å². The van der Waals surface area contributed by atoms with Crippen molar-refractivity contribution >= 4 is 23.7 Å². The normalized spacial score (nSPS) is 29.0. The van der Waals surface area contributed by atoms with E-state index in [0.717, 1.165) is 19.4 Å². The Kier molecular flexibility index (Phi) is 6.74. The third kappa shape index (κ3) is 4.53. The van der Waals surface area contributed by atoms with Gasteiger partial charge in [-0.2, -0.15) is 0 Å². The Hall–Kier alpha value is -2.20. The number of rotatable bonds is 6. The molecular formula is C19H30N4O6. The van der Waals surface area contributed by atoms with Crippen molar-refractivity contribution in [1.82, 2.24) is 20.4 Å². The van der Waals surface area contributed by atoms with Crippen molar-refractivity contribution < 1.29 is 29.4 Å². The van der Waals surface area contributed by atoms with Gasteiger partial charge in [-0.05, 0) is 52.0 Å². The molecule has 5 atom stereocenters. The van der Waals surface area contributed by atoms with E-state index >= 15 is 0 Å². The summed E-state index contributed by atoms with van der Waals surface area (Å²) in [6.45, 7) is 2.92. The lowest BCUT2D eigenvalue weighted by Gasteiger charge is -2.31. The molecule has 3 amide bonds. The van der Waals surface area contributed by atoms with Crippen LogP contribution >= 0.6 is 0 Å². The predicted molar refractivity (Wildman–Crippen MR) is 102 cm³/mol. The predicted octanol–water partition coefficient (Wildman–Crippen LogP) is -1.33. The van der Waals surface area contributed by atoms with E-state index in [0.29, 0.717) is 32.2 Å². The SMILES string of the molecule is C[C@@H](O)[C@H](NC(=O)[C@@H]1CCCN1C(=O)[C@@H]1CCCN1)C(=O)N1CCC[C@H]1C(=O)O. The summed E-state index contributed by atoms with van der Waals surface area (Å²) in [5.41, 5.74) is 0. The Balaban J connectivity index is 1.68. The van der Waals surface area contributed by atoms with Crippen LogP contribution in [0.2, 0.25) is 0 Å². The monoisotopic (exact) mass is 410 g/mol. The van der Waals surface area contributed by atoms with Gasteiger partial charge >= 0.3 is 5.97 Å². The third-order valence-corrected chi connectivity index (χ3v) is 6.06. The fourth-order valence-corrected chi connectivity index (χ4v) is 4.50. The highest BCUT2D eigenvalue weighted by Gasteiger charge is 2.42. The third-order valence-electron chi connectivity index (χ3n) is 6.06. The summed E-state index contributed by atoms with van der Waals surface area (Å²) in [5, 5.41) is 25.1. The Labute approximate surface area is 169 Å². The number of aliphatic carboxylic acids is 1. The molecule has 162 valence electrons. The minimum Gasteiger partial charge on any atom is -0.480 e. The number of likely N-dealkylation sites (tertiary alicyclic amines) is 2. The number of nitrogens with zero attached hydrogens (tertiary/aromatic N) is 2. The van der Waals surface area contributed by atoms with Crippen molar-refractivity contribution in [3.8, 4) is 0 Å². The fraction of sp³-hybridized carbons (Fsp3) is 0.789. The molecule has 0 unspecified atom stereocenters. The van der Waals surface area contributed by atoms with Gasteiger partial charge in [0.2, 0.25) is 17.7 Å². The van der Waals surface area contributed by atoms with Crippen molar-refractivity contribution in [3.05, 3.63) is 0 Å². The van der Waals surface area contributed by atoms with Crippen molar-refractivity contribution in [2.75, 3.05) is 19.6 Å². The lowest BCUT2D eigenvalue weighted by molar-refractivity contribution is -0.151. The molecule has 0 aliphatic carbocycles. The van der Waals surface area contributed by atoms with Crippen molar-refractivity contribution in [2.45, 2.75) is 75.7 Å². The summed E-state index contributed by atoms with van der Waals surface area (Å²) in [4.78, 5) is 52.7. The van der Waals surface area contributed by atoms with Crippen LogP contribution in [0.5, 0.6) is 0 Å². The second-order valence-electron chi connectivity index (χ2n) is 8.09. The fourth-order valence-electron chi connectivity index (χ4n) is 4.50. The number of aliphatic hydroxyl groups excluding tert-OH is 1. The Bertz CT molecular complexity index is 663. The molecule has 3 rings (SSSR count). The summed E-state index contributed by atoms with van der Waals surface area (Å²) in [6.07, 6.45) is 2.56. The number of hydrogen-bond donors (Lipinski definition) is 4. The molecule has 3 saturated heterocycles. The molecule has 4 N–H and O–H groups in total. The van der Waals surface area contributed by atoms with Gasteiger partial charge in [0.1, 0.15) is 18.1 Å². The highest BCUT2D eigenvalue weighted by molar-refractivity contribution is 5.95. The van der Waals surface area contributed by atoms with Crippen LogP contribution in [-0.4, -0.2) is 93.6 Å². The summed E-state index contributed by atoms with van der Waals surface area (Å²) in [6, 6.07) is -3.16. The van der Waals surface area contributed by atoms with E-state index in [2.05, 4.69) is 10.6 Å². The van der Waals surface area contributed by atoms with Crippen LogP contribution in [0.15, 0.2) is 0 Å². The number of carbonyl (C=O) groups is 4. The minimum absolute atomic E-state index is 0.106. The number of carboxylic acid groups (broad SMARTS) is 1. The number of aliphatic hydroxyl groups is 1. The van der Waals surface area contributed by atoms with Crippen LogP contribution in [-0.2, 0) is 19.2 Å². The zero-order valence-electron chi connectivity index (χ0n) is 16.7. The zero-order chi connectivity index (χ0) is 21.1. The summed E-state index contributed by atoms with van der Waals surface area (Å²) < 4.78 is 0. The first kappa shape index (κ1) is 21.5. The van der Waals surface area contributed by atoms with E-state index < -0.39 is 42.0 Å². The molecule has 29 heavy (non-hydrogen) atoms. The van der Waals surface area contributed by atoms with Crippen LogP contribution < -0.4 is 10.6 Å². The number of hydrogen-bond acceptors (Lipinski definition) is 6. The number of carboxylic acids is 1. The van der Waals surface area contributed by atoms with E-state index in [4.69, 9.17) is 0 Å². The quantitative estimate of drug-likeness (QED) is 0.425. The first-order valence-electron chi connectivity index (χ1n) is 10.4. The Morgan fingerprint density at radius 2 is 1.66 bits per heavy atom. The van der Waals surface area contributed by atoms with Gasteiger partial charge in [-0.15, -0.1) is 0 Å². The average Bonchev–Trinajstić information content (AvgIpc) is 3.44. The highest BCUT2D eigenvalue weighted by Crippen LogP contribution is 2.22.